The summed E-state index contributed by atoms with van der Waals surface area (Å²) in [5.41, 5.74) is 6.52. The molecule has 2 amide bonds. The fraction of sp³-hybridized carbons (Fsp3) is 0.353. The molecule has 4 heteroatoms. The molecule has 1 unspecified atom stereocenters. The predicted octanol–water partition coefficient (Wildman–Crippen LogP) is 3.33. The second kappa shape index (κ2) is 7.09. The number of benzene rings is 2. The molecule has 4 nitrogen and oxygen atoms in total. The lowest BCUT2D eigenvalue weighted by Crippen LogP contribution is -2.43. The molecule has 0 spiro atoms. The van der Waals surface area contributed by atoms with Crippen LogP contribution in [0.4, 0.5) is 10.5 Å². The summed E-state index contributed by atoms with van der Waals surface area (Å²) >= 11 is 0. The Kier molecular flexibility index (Phi) is 5.17. The van der Waals surface area contributed by atoms with Crippen molar-refractivity contribution in [1.82, 2.24) is 5.32 Å². The van der Waals surface area contributed by atoms with Crippen LogP contribution >= 0.6 is 0 Å². The first-order valence-electron chi connectivity index (χ1n) is 7.35. The highest BCUT2D eigenvalue weighted by molar-refractivity contribution is 6.01. The van der Waals surface area contributed by atoms with E-state index in [4.69, 9.17) is 5.73 Å². The van der Waals surface area contributed by atoms with Crippen molar-refractivity contribution in [3.63, 3.8) is 0 Å². The fourth-order valence-electron chi connectivity index (χ4n) is 2.46. The van der Waals surface area contributed by atoms with Crippen LogP contribution in [-0.4, -0.2) is 18.6 Å². The minimum atomic E-state index is -0.206. The van der Waals surface area contributed by atoms with Gasteiger partial charge in [0.2, 0.25) is 0 Å². The molecule has 112 valence electrons. The van der Waals surface area contributed by atoms with Gasteiger partial charge < -0.3 is 16.4 Å². The van der Waals surface area contributed by atoms with Gasteiger partial charge in [-0.1, -0.05) is 50.2 Å². The number of carbonyl (C=O) groups is 1. The van der Waals surface area contributed by atoms with E-state index in [-0.39, 0.29) is 12.1 Å². The molecule has 0 aliphatic heterocycles. The lowest BCUT2D eigenvalue weighted by atomic mass is 10.0. The quantitative estimate of drug-likeness (QED) is 0.788. The van der Waals surface area contributed by atoms with Crippen molar-refractivity contribution in [3.05, 3.63) is 42.5 Å². The van der Waals surface area contributed by atoms with Crippen molar-refractivity contribution in [3.8, 4) is 0 Å². The third-order valence-electron chi connectivity index (χ3n) is 3.41. The zero-order chi connectivity index (χ0) is 15.2. The number of fused-ring (bicyclic) bond motifs is 1. The molecule has 0 fully saturated rings. The summed E-state index contributed by atoms with van der Waals surface area (Å²) in [5.74, 6) is 0.497. The van der Waals surface area contributed by atoms with E-state index < -0.39 is 0 Å². The van der Waals surface area contributed by atoms with Crippen molar-refractivity contribution >= 4 is 22.5 Å². The molecule has 0 bridgehead atoms. The van der Waals surface area contributed by atoms with Crippen molar-refractivity contribution < 1.29 is 4.79 Å². The molecule has 2 aromatic rings. The molecule has 21 heavy (non-hydrogen) atoms. The molecule has 1 atom stereocenters. The van der Waals surface area contributed by atoms with Crippen LogP contribution in [0.3, 0.4) is 0 Å². The van der Waals surface area contributed by atoms with Crippen LogP contribution in [0.1, 0.15) is 20.3 Å². The first-order chi connectivity index (χ1) is 10.1. The molecule has 0 aromatic heterocycles. The van der Waals surface area contributed by atoms with Crippen LogP contribution in [0.2, 0.25) is 0 Å². The minimum Gasteiger partial charge on any atom is -0.334 e. The van der Waals surface area contributed by atoms with Gasteiger partial charge in [0.05, 0.1) is 5.69 Å². The second-order valence-electron chi connectivity index (χ2n) is 5.69. The third-order valence-corrected chi connectivity index (χ3v) is 3.41. The molecule has 4 N–H and O–H groups in total. The number of nitrogens with two attached hydrogens (primary N) is 1. The summed E-state index contributed by atoms with van der Waals surface area (Å²) in [5, 5.41) is 7.99. The topological polar surface area (TPSA) is 67.1 Å². The van der Waals surface area contributed by atoms with Crippen molar-refractivity contribution in [2.75, 3.05) is 11.9 Å². The number of anilines is 1. The Hall–Kier alpha value is -2.07. The zero-order valence-electron chi connectivity index (χ0n) is 12.6. The van der Waals surface area contributed by atoms with Crippen molar-refractivity contribution in [1.29, 1.82) is 0 Å². The summed E-state index contributed by atoms with van der Waals surface area (Å²) in [6.07, 6.45) is 0.874. The maximum Gasteiger partial charge on any atom is 0.319 e. The number of nitrogens with one attached hydrogen (secondary N) is 2. The van der Waals surface area contributed by atoms with Gasteiger partial charge >= 0.3 is 6.03 Å². The number of hydrogen-bond donors (Lipinski definition) is 3. The Balaban J connectivity index is 2.07. The van der Waals surface area contributed by atoms with Crippen LogP contribution in [0.5, 0.6) is 0 Å². The first-order valence-corrected chi connectivity index (χ1v) is 7.35. The molecule has 0 aliphatic rings. The van der Waals surface area contributed by atoms with Gasteiger partial charge in [0, 0.05) is 18.0 Å². The van der Waals surface area contributed by atoms with Crippen LogP contribution in [0, 0.1) is 5.92 Å². The highest BCUT2D eigenvalue weighted by atomic mass is 16.2. The van der Waals surface area contributed by atoms with Gasteiger partial charge in [0.1, 0.15) is 0 Å². The predicted molar refractivity (Wildman–Crippen MR) is 88.4 cm³/mol. The number of amides is 2. The molecule has 2 rings (SSSR count). The molecule has 0 radical (unpaired) electrons. The molecular formula is C17H23N3O. The Morgan fingerprint density at radius 3 is 2.57 bits per heavy atom. The number of rotatable bonds is 5. The van der Waals surface area contributed by atoms with Gasteiger partial charge in [-0.3, -0.25) is 0 Å². The van der Waals surface area contributed by atoms with Crippen molar-refractivity contribution in [2.45, 2.75) is 26.3 Å². The smallest absolute Gasteiger partial charge is 0.319 e. The van der Waals surface area contributed by atoms with E-state index in [9.17, 15) is 4.79 Å². The van der Waals surface area contributed by atoms with Crippen LogP contribution in [0.15, 0.2) is 42.5 Å². The Morgan fingerprint density at radius 1 is 1.14 bits per heavy atom. The van der Waals surface area contributed by atoms with Gasteiger partial charge in [0.15, 0.2) is 0 Å². The average Bonchev–Trinajstić information content (AvgIpc) is 2.46. The van der Waals surface area contributed by atoms with E-state index in [1.165, 1.54) is 0 Å². The summed E-state index contributed by atoms with van der Waals surface area (Å²) < 4.78 is 0. The first kappa shape index (κ1) is 15.3. The zero-order valence-corrected chi connectivity index (χ0v) is 12.6. The normalized spacial score (nSPS) is 12.4. The molecule has 0 aliphatic carbocycles. The standard InChI is InChI=1S/C17H23N3O/c1-12(2)10-14(11-18)19-17(21)20-16-9-5-7-13-6-3-4-8-15(13)16/h3-9,12,14H,10-11,18H2,1-2H3,(H2,19,20,21). The lowest BCUT2D eigenvalue weighted by molar-refractivity contribution is 0.247. The SMILES string of the molecule is CC(C)CC(CN)NC(=O)Nc1cccc2ccccc12. The second-order valence-corrected chi connectivity index (χ2v) is 5.69. The summed E-state index contributed by atoms with van der Waals surface area (Å²) in [7, 11) is 0. The van der Waals surface area contributed by atoms with Crippen LogP contribution in [0.25, 0.3) is 10.8 Å². The average molecular weight is 285 g/mol. The summed E-state index contributed by atoms with van der Waals surface area (Å²) in [4.78, 5) is 12.1. The van der Waals surface area contributed by atoms with E-state index in [0.717, 1.165) is 22.9 Å². The highest BCUT2D eigenvalue weighted by Gasteiger charge is 2.13. The Morgan fingerprint density at radius 2 is 1.86 bits per heavy atom. The van der Waals surface area contributed by atoms with E-state index in [1.54, 1.807) is 0 Å². The molecular weight excluding hydrogens is 262 g/mol. The molecule has 0 saturated carbocycles. The summed E-state index contributed by atoms with van der Waals surface area (Å²) in [6, 6.07) is 13.6. The number of carbonyl (C=O) groups excluding carboxylic acids is 1. The van der Waals surface area contributed by atoms with Gasteiger partial charge in [0.25, 0.3) is 0 Å². The van der Waals surface area contributed by atoms with E-state index in [0.29, 0.717) is 12.5 Å². The molecule has 0 heterocycles. The van der Waals surface area contributed by atoms with Gasteiger partial charge in [-0.05, 0) is 23.8 Å². The summed E-state index contributed by atoms with van der Waals surface area (Å²) in [6.45, 7) is 4.68. The Labute approximate surface area is 125 Å². The third kappa shape index (κ3) is 4.20. The number of urea groups is 1. The van der Waals surface area contributed by atoms with Gasteiger partial charge in [-0.15, -0.1) is 0 Å². The van der Waals surface area contributed by atoms with Gasteiger partial charge in [-0.25, -0.2) is 4.79 Å². The Bertz CT molecular complexity index is 605. The fourth-order valence-corrected chi connectivity index (χ4v) is 2.46. The van der Waals surface area contributed by atoms with Crippen molar-refractivity contribution in [2.24, 2.45) is 11.7 Å². The van der Waals surface area contributed by atoms with E-state index >= 15 is 0 Å². The maximum atomic E-state index is 12.1. The minimum absolute atomic E-state index is 0.0000218. The number of hydrogen-bond acceptors (Lipinski definition) is 2. The van der Waals surface area contributed by atoms with E-state index in [1.807, 2.05) is 42.5 Å². The molecule has 0 saturated heterocycles. The maximum absolute atomic E-state index is 12.1. The molecule has 2 aromatic carbocycles. The lowest BCUT2D eigenvalue weighted by Gasteiger charge is -2.19. The monoisotopic (exact) mass is 285 g/mol. The van der Waals surface area contributed by atoms with Crippen LogP contribution in [-0.2, 0) is 0 Å². The van der Waals surface area contributed by atoms with Crippen LogP contribution < -0.4 is 16.4 Å². The largest absolute Gasteiger partial charge is 0.334 e. The highest BCUT2D eigenvalue weighted by Crippen LogP contribution is 2.22. The van der Waals surface area contributed by atoms with Gasteiger partial charge in [-0.2, -0.15) is 0 Å². The van der Waals surface area contributed by atoms with E-state index in [2.05, 4.69) is 24.5 Å².